The predicted octanol–water partition coefficient (Wildman–Crippen LogP) is 2.45. The third kappa shape index (κ3) is 3.02. The van der Waals surface area contributed by atoms with Crippen molar-refractivity contribution in [3.8, 4) is 11.1 Å². The largest absolute Gasteiger partial charge is 0.395 e. The van der Waals surface area contributed by atoms with Crippen LogP contribution in [0.15, 0.2) is 59.5 Å². The molecule has 0 spiro atoms. The molecule has 0 saturated carbocycles. The van der Waals surface area contributed by atoms with E-state index in [2.05, 4.69) is 0 Å². The second kappa shape index (κ2) is 5.75. The summed E-state index contributed by atoms with van der Waals surface area (Å²) in [5.41, 5.74) is 2.25. The summed E-state index contributed by atoms with van der Waals surface area (Å²) >= 11 is 0. The number of benzene rings is 2. The molecule has 0 aliphatic rings. The summed E-state index contributed by atoms with van der Waals surface area (Å²) in [6, 6.07) is 17.7. The van der Waals surface area contributed by atoms with Crippen LogP contribution in [0.1, 0.15) is 0 Å². The first-order valence-corrected chi connectivity index (χ1v) is 6.78. The van der Waals surface area contributed by atoms with E-state index >= 15 is 0 Å². The Bertz CT molecular complexity index is 491. The van der Waals surface area contributed by atoms with Crippen LogP contribution in [0, 0.1) is 0 Å². The van der Waals surface area contributed by atoms with Crippen molar-refractivity contribution in [1.29, 1.82) is 0 Å². The van der Waals surface area contributed by atoms with E-state index in [0.717, 1.165) is 16.0 Å². The molecule has 88 valence electrons. The fourth-order valence-corrected chi connectivity index (χ4v) is 2.47. The Morgan fingerprint density at radius 1 is 0.882 bits per heavy atom. The molecule has 0 fully saturated rings. The molecule has 2 nitrogen and oxygen atoms in total. The van der Waals surface area contributed by atoms with E-state index in [9.17, 15) is 4.21 Å². The van der Waals surface area contributed by atoms with E-state index in [1.165, 1.54) is 0 Å². The lowest BCUT2D eigenvalue weighted by atomic mass is 10.1. The van der Waals surface area contributed by atoms with Crippen molar-refractivity contribution in [2.24, 2.45) is 0 Å². The van der Waals surface area contributed by atoms with Gasteiger partial charge in [-0.15, -0.1) is 0 Å². The topological polar surface area (TPSA) is 37.3 Å². The highest BCUT2D eigenvalue weighted by molar-refractivity contribution is 7.85. The molecule has 0 amide bonds. The lowest BCUT2D eigenvalue weighted by molar-refractivity contribution is 0.321. The van der Waals surface area contributed by atoms with Gasteiger partial charge in [-0.3, -0.25) is 4.21 Å². The molecular formula is C14H14O2S. The molecule has 1 atom stereocenters. The van der Waals surface area contributed by atoms with Crippen molar-refractivity contribution in [3.63, 3.8) is 0 Å². The Kier molecular flexibility index (Phi) is 4.07. The van der Waals surface area contributed by atoms with Crippen LogP contribution in [0.5, 0.6) is 0 Å². The highest BCUT2D eigenvalue weighted by Crippen LogP contribution is 2.20. The van der Waals surface area contributed by atoms with Gasteiger partial charge in [0.15, 0.2) is 0 Å². The number of rotatable bonds is 4. The zero-order valence-electron chi connectivity index (χ0n) is 9.37. The van der Waals surface area contributed by atoms with Gasteiger partial charge in [0.05, 0.1) is 23.2 Å². The SMILES string of the molecule is O=S(CCO)c1ccc(-c2ccccc2)cc1. The molecule has 3 heteroatoms. The Balaban J connectivity index is 2.22. The van der Waals surface area contributed by atoms with Crippen LogP contribution in [-0.4, -0.2) is 21.7 Å². The van der Waals surface area contributed by atoms with Crippen LogP contribution < -0.4 is 0 Å². The maximum atomic E-state index is 11.6. The molecule has 0 radical (unpaired) electrons. The molecule has 2 aromatic carbocycles. The van der Waals surface area contributed by atoms with Crippen molar-refractivity contribution in [2.75, 3.05) is 12.4 Å². The highest BCUT2D eigenvalue weighted by Gasteiger charge is 2.03. The van der Waals surface area contributed by atoms with E-state index in [1.807, 2.05) is 54.6 Å². The summed E-state index contributed by atoms with van der Waals surface area (Å²) in [4.78, 5) is 0.763. The molecule has 1 unspecified atom stereocenters. The number of hydrogen-bond acceptors (Lipinski definition) is 2. The number of aliphatic hydroxyl groups excluding tert-OH is 1. The summed E-state index contributed by atoms with van der Waals surface area (Å²) in [7, 11) is -1.10. The standard InChI is InChI=1S/C14H14O2S/c15-10-11-17(16)14-8-6-13(7-9-14)12-4-2-1-3-5-12/h1-9,15H,10-11H2. The van der Waals surface area contributed by atoms with Crippen molar-refractivity contribution in [3.05, 3.63) is 54.6 Å². The Morgan fingerprint density at radius 2 is 1.47 bits per heavy atom. The van der Waals surface area contributed by atoms with Gasteiger partial charge in [0.2, 0.25) is 0 Å². The first kappa shape index (κ1) is 12.0. The summed E-state index contributed by atoms with van der Waals surface area (Å²) in [5, 5.41) is 8.74. The third-order valence-electron chi connectivity index (χ3n) is 2.50. The minimum absolute atomic E-state index is 0.0486. The minimum Gasteiger partial charge on any atom is -0.395 e. The van der Waals surface area contributed by atoms with E-state index in [0.29, 0.717) is 5.75 Å². The van der Waals surface area contributed by atoms with Crippen LogP contribution in [0.3, 0.4) is 0 Å². The van der Waals surface area contributed by atoms with Gasteiger partial charge in [-0.2, -0.15) is 0 Å². The average Bonchev–Trinajstić information content (AvgIpc) is 2.40. The van der Waals surface area contributed by atoms with E-state index in [1.54, 1.807) is 0 Å². The van der Waals surface area contributed by atoms with E-state index < -0.39 is 10.8 Å². The molecule has 0 saturated heterocycles. The first-order valence-electron chi connectivity index (χ1n) is 5.46. The second-order valence-corrected chi connectivity index (χ2v) is 5.23. The van der Waals surface area contributed by atoms with Crippen LogP contribution >= 0.6 is 0 Å². The van der Waals surface area contributed by atoms with E-state index in [-0.39, 0.29) is 6.61 Å². The summed E-state index contributed by atoms with van der Waals surface area (Å²) < 4.78 is 11.6. The summed E-state index contributed by atoms with van der Waals surface area (Å²) in [5.74, 6) is 0.296. The zero-order chi connectivity index (χ0) is 12.1. The second-order valence-electron chi connectivity index (χ2n) is 3.66. The fourth-order valence-electron chi connectivity index (χ4n) is 1.63. The van der Waals surface area contributed by atoms with Gasteiger partial charge in [0.1, 0.15) is 0 Å². The van der Waals surface area contributed by atoms with Crippen LogP contribution in [0.4, 0.5) is 0 Å². The third-order valence-corrected chi connectivity index (χ3v) is 3.85. The van der Waals surface area contributed by atoms with Crippen LogP contribution in [0.2, 0.25) is 0 Å². The quantitative estimate of drug-likeness (QED) is 0.899. The van der Waals surface area contributed by atoms with Crippen molar-refractivity contribution >= 4 is 10.8 Å². The van der Waals surface area contributed by atoms with Gasteiger partial charge in [-0.25, -0.2) is 0 Å². The Morgan fingerprint density at radius 3 is 2.06 bits per heavy atom. The smallest absolute Gasteiger partial charge is 0.0552 e. The molecule has 2 aromatic rings. The van der Waals surface area contributed by atoms with Crippen molar-refractivity contribution in [1.82, 2.24) is 0 Å². The number of aliphatic hydroxyl groups is 1. The van der Waals surface area contributed by atoms with Gasteiger partial charge in [-0.1, -0.05) is 42.5 Å². The predicted molar refractivity (Wildman–Crippen MR) is 70.2 cm³/mol. The maximum absolute atomic E-state index is 11.6. The molecule has 2 rings (SSSR count). The van der Waals surface area contributed by atoms with Crippen molar-refractivity contribution < 1.29 is 9.32 Å². The molecule has 0 heterocycles. The average molecular weight is 246 g/mol. The molecule has 0 aromatic heterocycles. The minimum atomic E-state index is -1.10. The summed E-state index contributed by atoms with van der Waals surface area (Å²) in [6.07, 6.45) is 0. The van der Waals surface area contributed by atoms with Gasteiger partial charge in [0.25, 0.3) is 0 Å². The molecule has 0 aliphatic carbocycles. The monoisotopic (exact) mass is 246 g/mol. The molecule has 0 aliphatic heterocycles. The lowest BCUT2D eigenvalue weighted by Gasteiger charge is -2.03. The van der Waals surface area contributed by atoms with Gasteiger partial charge < -0.3 is 5.11 Å². The first-order chi connectivity index (χ1) is 8.31. The normalized spacial score (nSPS) is 12.3. The zero-order valence-corrected chi connectivity index (χ0v) is 10.2. The summed E-state index contributed by atoms with van der Waals surface area (Å²) in [6.45, 7) is -0.0486. The molecule has 0 bridgehead atoms. The molecule has 1 N–H and O–H groups in total. The van der Waals surface area contributed by atoms with Gasteiger partial charge in [-0.05, 0) is 23.3 Å². The van der Waals surface area contributed by atoms with Crippen LogP contribution in [0.25, 0.3) is 11.1 Å². The number of hydrogen-bond donors (Lipinski definition) is 1. The lowest BCUT2D eigenvalue weighted by Crippen LogP contribution is -2.01. The molecular weight excluding hydrogens is 232 g/mol. The van der Waals surface area contributed by atoms with E-state index in [4.69, 9.17) is 5.11 Å². The fraction of sp³-hybridized carbons (Fsp3) is 0.143. The van der Waals surface area contributed by atoms with Crippen LogP contribution in [-0.2, 0) is 10.8 Å². The van der Waals surface area contributed by atoms with Gasteiger partial charge in [0, 0.05) is 4.90 Å². The highest BCUT2D eigenvalue weighted by atomic mass is 32.2. The van der Waals surface area contributed by atoms with Gasteiger partial charge >= 0.3 is 0 Å². The Hall–Kier alpha value is -1.45. The maximum Gasteiger partial charge on any atom is 0.0552 e. The Labute approximate surface area is 103 Å². The molecule has 17 heavy (non-hydrogen) atoms. The van der Waals surface area contributed by atoms with Crippen molar-refractivity contribution in [2.45, 2.75) is 4.90 Å².